The fraction of sp³-hybridized carbons (Fsp3) is 0.579. The molecule has 3 rings (SSSR count). The number of carbonyl (C=O) groups is 2. The van der Waals surface area contributed by atoms with E-state index in [2.05, 4.69) is 15.5 Å². The Morgan fingerprint density at radius 3 is 2.41 bits per heavy atom. The maximum absolute atomic E-state index is 12.2. The summed E-state index contributed by atoms with van der Waals surface area (Å²) in [6, 6.07) is 6.87. The summed E-state index contributed by atoms with van der Waals surface area (Å²) in [6.07, 6.45) is 0.987. The summed E-state index contributed by atoms with van der Waals surface area (Å²) in [7, 11) is 0. The molecular weight excluding hydrogens is 419 g/mol. The first-order valence-electron chi connectivity index (χ1n) is 9.50. The largest absolute Gasteiger partial charge is 0.379 e. The minimum absolute atomic E-state index is 0. The number of benzene rings is 1. The van der Waals surface area contributed by atoms with Gasteiger partial charge in [0.25, 0.3) is 11.8 Å². The molecule has 1 aromatic rings. The highest BCUT2D eigenvalue weighted by Crippen LogP contribution is 2.20. The number of morpholine rings is 1. The van der Waals surface area contributed by atoms with Crippen molar-refractivity contribution < 1.29 is 19.1 Å². The van der Waals surface area contributed by atoms with Crippen molar-refractivity contribution in [2.24, 2.45) is 5.73 Å². The normalized spacial score (nSPS) is 21.6. The molecule has 0 aromatic heterocycles. The number of nitrogens with zero attached hydrogens (tertiary/aromatic N) is 1. The number of rotatable bonds is 7. The van der Waals surface area contributed by atoms with E-state index in [0.717, 1.165) is 39.3 Å². The number of anilines is 1. The maximum atomic E-state index is 12.2. The van der Waals surface area contributed by atoms with Crippen LogP contribution in [0.4, 0.5) is 5.69 Å². The molecule has 2 aliphatic rings. The highest BCUT2D eigenvalue weighted by atomic mass is 35.5. The van der Waals surface area contributed by atoms with Crippen LogP contribution >= 0.6 is 24.8 Å². The lowest BCUT2D eigenvalue weighted by molar-refractivity contribution is -0.126. The Labute approximate surface area is 183 Å². The van der Waals surface area contributed by atoms with Crippen molar-refractivity contribution in [3.63, 3.8) is 0 Å². The van der Waals surface area contributed by atoms with Crippen LogP contribution in [0, 0.1) is 0 Å². The molecule has 2 amide bonds. The first-order valence-corrected chi connectivity index (χ1v) is 9.50. The second kappa shape index (κ2) is 13.0. The molecule has 2 heterocycles. The number of amides is 2. The van der Waals surface area contributed by atoms with E-state index < -0.39 is 6.10 Å². The SMILES string of the molecule is Cl.Cl.NC[C@H]1CC[C@@H](C(=O)Nc2ccc(C(=O)NCCN3CCOCC3)cc2)O1. The van der Waals surface area contributed by atoms with Gasteiger partial charge in [-0.2, -0.15) is 0 Å². The minimum Gasteiger partial charge on any atom is -0.379 e. The molecule has 4 N–H and O–H groups in total. The Morgan fingerprint density at radius 2 is 1.79 bits per heavy atom. The first-order chi connectivity index (χ1) is 13.2. The standard InChI is InChI=1S/C19H28N4O4.2ClH/c20-13-16-5-6-17(27-16)19(25)22-15-3-1-14(2-4-15)18(24)21-7-8-23-9-11-26-12-10-23;;/h1-4,16-17H,5-13,20H2,(H,21,24)(H,22,25);2*1H/t16-,17+;;/m1../s1. The Morgan fingerprint density at radius 1 is 1.10 bits per heavy atom. The first kappa shape index (κ1) is 25.6. The van der Waals surface area contributed by atoms with E-state index >= 15 is 0 Å². The van der Waals surface area contributed by atoms with Crippen molar-refractivity contribution in [3.05, 3.63) is 29.8 Å². The van der Waals surface area contributed by atoms with E-state index in [9.17, 15) is 9.59 Å². The van der Waals surface area contributed by atoms with Gasteiger partial charge in [0.05, 0.1) is 19.3 Å². The highest BCUT2D eigenvalue weighted by Gasteiger charge is 2.29. The quantitative estimate of drug-likeness (QED) is 0.575. The molecule has 164 valence electrons. The summed E-state index contributed by atoms with van der Waals surface area (Å²) in [5.74, 6) is -0.292. The average molecular weight is 449 g/mol. The predicted molar refractivity (Wildman–Crippen MR) is 116 cm³/mol. The summed E-state index contributed by atoms with van der Waals surface area (Å²) in [5, 5.41) is 5.75. The maximum Gasteiger partial charge on any atom is 0.253 e. The molecule has 2 saturated heterocycles. The van der Waals surface area contributed by atoms with Crippen molar-refractivity contribution in [2.75, 3.05) is 51.3 Å². The van der Waals surface area contributed by atoms with Gasteiger partial charge in [-0.05, 0) is 37.1 Å². The van der Waals surface area contributed by atoms with Crippen LogP contribution in [0.2, 0.25) is 0 Å². The van der Waals surface area contributed by atoms with Gasteiger partial charge in [-0.1, -0.05) is 0 Å². The Bertz CT molecular complexity index is 642. The van der Waals surface area contributed by atoms with Crippen LogP contribution in [-0.2, 0) is 14.3 Å². The van der Waals surface area contributed by atoms with Crippen LogP contribution in [-0.4, -0.2) is 74.9 Å². The van der Waals surface area contributed by atoms with E-state index in [1.807, 2.05) is 0 Å². The number of hydrogen-bond acceptors (Lipinski definition) is 6. The van der Waals surface area contributed by atoms with E-state index in [4.69, 9.17) is 15.2 Å². The summed E-state index contributed by atoms with van der Waals surface area (Å²) < 4.78 is 10.9. The lowest BCUT2D eigenvalue weighted by atomic mass is 10.1. The van der Waals surface area contributed by atoms with Gasteiger partial charge < -0.3 is 25.8 Å². The molecule has 0 unspecified atom stereocenters. The molecule has 2 aliphatic heterocycles. The molecule has 0 radical (unpaired) electrons. The fourth-order valence-corrected chi connectivity index (χ4v) is 3.25. The molecule has 2 atom stereocenters. The summed E-state index contributed by atoms with van der Waals surface area (Å²) in [4.78, 5) is 26.7. The van der Waals surface area contributed by atoms with Crippen molar-refractivity contribution in [3.8, 4) is 0 Å². The second-order valence-electron chi connectivity index (χ2n) is 6.84. The van der Waals surface area contributed by atoms with Crippen LogP contribution in [0.5, 0.6) is 0 Å². The second-order valence-corrected chi connectivity index (χ2v) is 6.84. The monoisotopic (exact) mass is 448 g/mol. The van der Waals surface area contributed by atoms with Crippen molar-refractivity contribution >= 4 is 42.3 Å². The van der Waals surface area contributed by atoms with Gasteiger partial charge in [0.15, 0.2) is 0 Å². The molecule has 0 bridgehead atoms. The van der Waals surface area contributed by atoms with Crippen LogP contribution in [0.25, 0.3) is 0 Å². The average Bonchev–Trinajstić information content (AvgIpc) is 3.19. The molecule has 2 fully saturated rings. The van der Waals surface area contributed by atoms with E-state index in [1.165, 1.54) is 0 Å². The molecule has 0 saturated carbocycles. The zero-order valence-corrected chi connectivity index (χ0v) is 17.9. The Kier molecular flexibility index (Phi) is 11.5. The van der Waals surface area contributed by atoms with E-state index in [1.54, 1.807) is 24.3 Å². The zero-order chi connectivity index (χ0) is 19.1. The highest BCUT2D eigenvalue weighted by molar-refractivity contribution is 5.97. The van der Waals surface area contributed by atoms with Gasteiger partial charge in [0.2, 0.25) is 0 Å². The van der Waals surface area contributed by atoms with Gasteiger partial charge >= 0.3 is 0 Å². The molecular formula is C19H30Cl2N4O4. The molecule has 29 heavy (non-hydrogen) atoms. The topological polar surface area (TPSA) is 106 Å². The summed E-state index contributed by atoms with van der Waals surface area (Å²) >= 11 is 0. The Balaban J connectivity index is 0.00000210. The van der Waals surface area contributed by atoms with E-state index in [0.29, 0.717) is 30.8 Å². The number of nitrogens with one attached hydrogen (secondary N) is 2. The van der Waals surface area contributed by atoms with Gasteiger partial charge in [0.1, 0.15) is 6.10 Å². The van der Waals surface area contributed by atoms with Crippen LogP contribution in [0.15, 0.2) is 24.3 Å². The number of hydrogen-bond donors (Lipinski definition) is 3. The molecule has 8 nitrogen and oxygen atoms in total. The van der Waals surface area contributed by atoms with E-state index in [-0.39, 0.29) is 42.7 Å². The zero-order valence-electron chi connectivity index (χ0n) is 16.3. The van der Waals surface area contributed by atoms with Crippen LogP contribution in [0.1, 0.15) is 23.2 Å². The van der Waals surface area contributed by atoms with Crippen molar-refractivity contribution in [1.82, 2.24) is 10.2 Å². The summed E-state index contributed by atoms with van der Waals surface area (Å²) in [6.45, 7) is 5.15. The van der Waals surface area contributed by atoms with Gasteiger partial charge in [-0.15, -0.1) is 24.8 Å². The van der Waals surface area contributed by atoms with Crippen LogP contribution in [0.3, 0.4) is 0 Å². The predicted octanol–water partition coefficient (Wildman–Crippen LogP) is 1.04. The minimum atomic E-state index is -0.457. The van der Waals surface area contributed by atoms with Gasteiger partial charge in [-0.3, -0.25) is 14.5 Å². The van der Waals surface area contributed by atoms with Crippen LogP contribution < -0.4 is 16.4 Å². The summed E-state index contributed by atoms with van der Waals surface area (Å²) in [5.41, 5.74) is 6.78. The third-order valence-electron chi connectivity index (χ3n) is 4.89. The number of carbonyl (C=O) groups excluding carboxylic acids is 2. The lowest BCUT2D eigenvalue weighted by Gasteiger charge is -2.26. The molecule has 0 aliphatic carbocycles. The lowest BCUT2D eigenvalue weighted by Crippen LogP contribution is -2.41. The van der Waals surface area contributed by atoms with Crippen molar-refractivity contribution in [1.29, 1.82) is 0 Å². The van der Waals surface area contributed by atoms with Crippen molar-refractivity contribution in [2.45, 2.75) is 25.0 Å². The third-order valence-corrected chi connectivity index (χ3v) is 4.89. The number of ether oxygens (including phenoxy) is 2. The third kappa shape index (κ3) is 7.73. The Hall–Kier alpha value is -1.42. The molecule has 10 heteroatoms. The smallest absolute Gasteiger partial charge is 0.253 e. The van der Waals surface area contributed by atoms with Gasteiger partial charge in [-0.25, -0.2) is 0 Å². The molecule has 0 spiro atoms. The molecule has 1 aromatic carbocycles. The number of halogens is 2. The number of nitrogens with two attached hydrogens (primary N) is 1. The fourth-order valence-electron chi connectivity index (χ4n) is 3.25. The van der Waals surface area contributed by atoms with Gasteiger partial charge in [0, 0.05) is 44.0 Å².